The van der Waals surface area contributed by atoms with Crippen molar-refractivity contribution < 1.29 is 4.74 Å². The van der Waals surface area contributed by atoms with E-state index in [0.717, 1.165) is 18.6 Å². The number of benzene rings is 2. The standard InChI is InChI=1S/C18H23NO.ClH/c1-3-20-18-10-9-16(13-17(18)11-14(2)19)12-15-7-5-4-6-8-15;/h4-10,13-14H,3,11-12,19H2,1-2H3;1H. The normalized spacial score (nSPS) is 11.6. The number of hydrogen-bond acceptors (Lipinski definition) is 2. The maximum Gasteiger partial charge on any atom is 0.122 e. The lowest BCUT2D eigenvalue weighted by molar-refractivity contribution is 0.335. The molecule has 0 aliphatic rings. The lowest BCUT2D eigenvalue weighted by atomic mass is 9.99. The molecule has 0 bridgehead atoms. The van der Waals surface area contributed by atoms with Crippen LogP contribution in [0.25, 0.3) is 0 Å². The Labute approximate surface area is 133 Å². The third-order valence-corrected chi connectivity index (χ3v) is 3.22. The maximum atomic E-state index is 5.94. The molecule has 0 aromatic heterocycles. The second-order valence-electron chi connectivity index (χ2n) is 5.22. The minimum Gasteiger partial charge on any atom is -0.494 e. The Hall–Kier alpha value is -1.51. The van der Waals surface area contributed by atoms with Crippen LogP contribution in [0.3, 0.4) is 0 Å². The van der Waals surface area contributed by atoms with Crippen LogP contribution < -0.4 is 10.5 Å². The van der Waals surface area contributed by atoms with E-state index in [1.165, 1.54) is 16.7 Å². The first-order valence-electron chi connectivity index (χ1n) is 7.23. The predicted molar refractivity (Wildman–Crippen MR) is 91.5 cm³/mol. The highest BCUT2D eigenvalue weighted by molar-refractivity contribution is 5.85. The van der Waals surface area contributed by atoms with Gasteiger partial charge in [-0.1, -0.05) is 42.5 Å². The molecule has 2 aromatic rings. The summed E-state index contributed by atoms with van der Waals surface area (Å²) >= 11 is 0. The molecule has 0 spiro atoms. The molecule has 0 saturated heterocycles. The average Bonchev–Trinajstić information content (AvgIpc) is 2.42. The molecule has 0 fully saturated rings. The minimum absolute atomic E-state index is 0. The van der Waals surface area contributed by atoms with Gasteiger partial charge in [0.2, 0.25) is 0 Å². The van der Waals surface area contributed by atoms with Gasteiger partial charge in [0.15, 0.2) is 0 Å². The Morgan fingerprint density at radius 3 is 2.38 bits per heavy atom. The Morgan fingerprint density at radius 1 is 1.05 bits per heavy atom. The van der Waals surface area contributed by atoms with Gasteiger partial charge in [-0.2, -0.15) is 0 Å². The van der Waals surface area contributed by atoms with Crippen LogP contribution in [0, 0.1) is 0 Å². The van der Waals surface area contributed by atoms with Crippen molar-refractivity contribution in [3.63, 3.8) is 0 Å². The quantitative estimate of drug-likeness (QED) is 0.876. The fourth-order valence-electron chi connectivity index (χ4n) is 2.38. The molecule has 21 heavy (non-hydrogen) atoms. The molecule has 2 rings (SSSR count). The largest absolute Gasteiger partial charge is 0.494 e. The Balaban J connectivity index is 0.00000220. The summed E-state index contributed by atoms with van der Waals surface area (Å²) in [6, 6.07) is 17.1. The Morgan fingerprint density at radius 2 is 1.76 bits per heavy atom. The van der Waals surface area contributed by atoms with Crippen LogP contribution in [0.15, 0.2) is 48.5 Å². The molecular formula is C18H24ClNO. The molecule has 0 amide bonds. The van der Waals surface area contributed by atoms with E-state index in [9.17, 15) is 0 Å². The van der Waals surface area contributed by atoms with Crippen LogP contribution in [0.2, 0.25) is 0 Å². The zero-order valence-corrected chi connectivity index (χ0v) is 13.5. The third-order valence-electron chi connectivity index (χ3n) is 3.22. The van der Waals surface area contributed by atoms with Gasteiger partial charge in [-0.3, -0.25) is 0 Å². The number of ether oxygens (including phenoxy) is 1. The van der Waals surface area contributed by atoms with E-state index in [4.69, 9.17) is 10.5 Å². The molecule has 3 heteroatoms. The number of rotatable bonds is 6. The van der Waals surface area contributed by atoms with E-state index in [0.29, 0.717) is 6.61 Å². The molecule has 0 radical (unpaired) electrons. The van der Waals surface area contributed by atoms with E-state index in [1.54, 1.807) is 0 Å². The summed E-state index contributed by atoms with van der Waals surface area (Å²) in [5, 5.41) is 0. The molecule has 2 nitrogen and oxygen atoms in total. The summed E-state index contributed by atoms with van der Waals surface area (Å²) in [5.74, 6) is 0.960. The van der Waals surface area contributed by atoms with E-state index in [1.807, 2.05) is 19.9 Å². The summed E-state index contributed by atoms with van der Waals surface area (Å²) in [4.78, 5) is 0. The molecule has 2 aromatic carbocycles. The Kier molecular flexibility index (Phi) is 7.27. The molecule has 0 saturated carbocycles. The van der Waals surface area contributed by atoms with Crippen LogP contribution >= 0.6 is 12.4 Å². The van der Waals surface area contributed by atoms with Gasteiger partial charge >= 0.3 is 0 Å². The van der Waals surface area contributed by atoms with Crippen LogP contribution in [-0.2, 0) is 12.8 Å². The number of nitrogens with two attached hydrogens (primary N) is 1. The van der Waals surface area contributed by atoms with Gasteiger partial charge in [0.1, 0.15) is 5.75 Å². The van der Waals surface area contributed by atoms with Crippen molar-refractivity contribution in [3.05, 3.63) is 65.2 Å². The fraction of sp³-hybridized carbons (Fsp3) is 0.333. The topological polar surface area (TPSA) is 35.2 Å². The van der Waals surface area contributed by atoms with Crippen LogP contribution in [-0.4, -0.2) is 12.6 Å². The van der Waals surface area contributed by atoms with Gasteiger partial charge in [0.05, 0.1) is 6.61 Å². The van der Waals surface area contributed by atoms with Crippen molar-refractivity contribution in [3.8, 4) is 5.75 Å². The SMILES string of the molecule is CCOc1ccc(Cc2ccccc2)cc1CC(C)N.Cl. The van der Waals surface area contributed by atoms with Gasteiger partial charge in [-0.05, 0) is 49.4 Å². The molecule has 0 aliphatic heterocycles. The monoisotopic (exact) mass is 305 g/mol. The summed E-state index contributed by atoms with van der Waals surface area (Å²) in [6.45, 7) is 4.72. The van der Waals surface area contributed by atoms with E-state index >= 15 is 0 Å². The zero-order chi connectivity index (χ0) is 14.4. The van der Waals surface area contributed by atoms with Crippen molar-refractivity contribution in [1.29, 1.82) is 0 Å². The summed E-state index contributed by atoms with van der Waals surface area (Å²) < 4.78 is 5.69. The first kappa shape index (κ1) is 17.5. The van der Waals surface area contributed by atoms with Crippen LogP contribution in [0.5, 0.6) is 5.75 Å². The smallest absolute Gasteiger partial charge is 0.122 e. The summed E-state index contributed by atoms with van der Waals surface area (Å²) in [7, 11) is 0. The number of hydrogen-bond donors (Lipinski definition) is 1. The van der Waals surface area contributed by atoms with Gasteiger partial charge in [0.25, 0.3) is 0 Å². The van der Waals surface area contributed by atoms with Crippen molar-refractivity contribution in [2.75, 3.05) is 6.61 Å². The molecule has 1 atom stereocenters. The first-order chi connectivity index (χ1) is 9.69. The first-order valence-corrected chi connectivity index (χ1v) is 7.23. The van der Waals surface area contributed by atoms with Crippen LogP contribution in [0.1, 0.15) is 30.5 Å². The maximum absolute atomic E-state index is 5.94. The lowest BCUT2D eigenvalue weighted by Crippen LogP contribution is -2.18. The summed E-state index contributed by atoms with van der Waals surface area (Å²) in [6.07, 6.45) is 1.79. The molecule has 1 unspecified atom stereocenters. The average molecular weight is 306 g/mol. The van der Waals surface area contributed by atoms with Crippen molar-refractivity contribution in [2.24, 2.45) is 5.73 Å². The van der Waals surface area contributed by atoms with Gasteiger partial charge in [0, 0.05) is 6.04 Å². The molecule has 0 aliphatic carbocycles. The molecule has 0 heterocycles. The highest BCUT2D eigenvalue weighted by Gasteiger charge is 2.08. The lowest BCUT2D eigenvalue weighted by Gasteiger charge is -2.14. The van der Waals surface area contributed by atoms with E-state index in [2.05, 4.69) is 42.5 Å². The van der Waals surface area contributed by atoms with Crippen molar-refractivity contribution in [1.82, 2.24) is 0 Å². The van der Waals surface area contributed by atoms with Gasteiger partial charge in [-0.25, -0.2) is 0 Å². The number of halogens is 1. The summed E-state index contributed by atoms with van der Waals surface area (Å²) in [5.41, 5.74) is 9.76. The van der Waals surface area contributed by atoms with Crippen LogP contribution in [0.4, 0.5) is 0 Å². The Bertz CT molecular complexity index is 540. The molecule has 2 N–H and O–H groups in total. The van der Waals surface area contributed by atoms with Gasteiger partial charge < -0.3 is 10.5 Å². The second kappa shape index (κ2) is 8.71. The van der Waals surface area contributed by atoms with E-state index in [-0.39, 0.29) is 18.4 Å². The van der Waals surface area contributed by atoms with Gasteiger partial charge in [-0.15, -0.1) is 12.4 Å². The highest BCUT2D eigenvalue weighted by atomic mass is 35.5. The van der Waals surface area contributed by atoms with Crippen molar-refractivity contribution >= 4 is 12.4 Å². The predicted octanol–water partition coefficient (Wildman–Crippen LogP) is 3.99. The minimum atomic E-state index is 0. The van der Waals surface area contributed by atoms with Crippen molar-refractivity contribution in [2.45, 2.75) is 32.7 Å². The van der Waals surface area contributed by atoms with E-state index < -0.39 is 0 Å². The second-order valence-corrected chi connectivity index (χ2v) is 5.22. The highest BCUT2D eigenvalue weighted by Crippen LogP contribution is 2.23. The third kappa shape index (κ3) is 5.41. The molecular weight excluding hydrogens is 282 g/mol. The molecule has 114 valence electrons. The fourth-order valence-corrected chi connectivity index (χ4v) is 2.38. The zero-order valence-electron chi connectivity index (χ0n) is 12.7.